The molecule has 35 heavy (non-hydrogen) atoms. The van der Waals surface area contributed by atoms with Gasteiger partial charge in [-0.2, -0.15) is 5.10 Å². The number of aromatic nitrogens is 2. The van der Waals surface area contributed by atoms with Crippen LogP contribution >= 0.6 is 0 Å². The van der Waals surface area contributed by atoms with Crippen LogP contribution < -0.4 is 4.74 Å². The van der Waals surface area contributed by atoms with Crippen molar-refractivity contribution >= 4 is 11.8 Å². The van der Waals surface area contributed by atoms with Crippen LogP contribution in [0.5, 0.6) is 5.75 Å². The van der Waals surface area contributed by atoms with E-state index in [0.29, 0.717) is 69.2 Å². The Balaban J connectivity index is 1.38. The van der Waals surface area contributed by atoms with Crippen LogP contribution in [0.2, 0.25) is 0 Å². The Hall–Kier alpha value is -3.65. The smallest absolute Gasteiger partial charge is 0.257 e. The zero-order valence-corrected chi connectivity index (χ0v) is 19.9. The summed E-state index contributed by atoms with van der Waals surface area (Å²) in [5.41, 5.74) is 2.86. The number of hydrogen-bond acceptors (Lipinski definition) is 5. The van der Waals surface area contributed by atoms with Gasteiger partial charge in [-0.3, -0.25) is 9.59 Å². The maximum atomic E-state index is 13.7. The summed E-state index contributed by atoms with van der Waals surface area (Å²) in [6.07, 6.45) is 3.14. The maximum Gasteiger partial charge on any atom is 0.257 e. The molecular weight excluding hydrogens is 444 g/mol. The lowest BCUT2D eigenvalue weighted by atomic mass is 9.94. The minimum absolute atomic E-state index is 0.0398. The van der Waals surface area contributed by atoms with Gasteiger partial charge in [0.25, 0.3) is 5.91 Å². The molecule has 2 saturated heterocycles. The summed E-state index contributed by atoms with van der Waals surface area (Å²) in [4.78, 5) is 30.3. The summed E-state index contributed by atoms with van der Waals surface area (Å²) < 4.78 is 12.5. The molecule has 182 valence electrons. The number of ether oxygens (including phenoxy) is 2. The summed E-state index contributed by atoms with van der Waals surface area (Å²) in [5.74, 6) is 0.788. The summed E-state index contributed by atoms with van der Waals surface area (Å²) in [5, 5.41) is 4.79. The van der Waals surface area contributed by atoms with Gasteiger partial charge >= 0.3 is 0 Å². The van der Waals surface area contributed by atoms with Crippen LogP contribution in [0.25, 0.3) is 16.9 Å². The van der Waals surface area contributed by atoms with Crippen LogP contribution in [0, 0.1) is 5.92 Å². The van der Waals surface area contributed by atoms with Crippen molar-refractivity contribution in [2.24, 2.45) is 5.92 Å². The predicted molar refractivity (Wildman–Crippen MR) is 132 cm³/mol. The molecule has 0 unspecified atom stereocenters. The number of nitrogens with zero attached hydrogens (tertiary/aromatic N) is 4. The molecule has 0 radical (unpaired) electrons. The second-order valence-corrected chi connectivity index (χ2v) is 8.91. The lowest BCUT2D eigenvalue weighted by molar-refractivity contribution is -0.141. The van der Waals surface area contributed by atoms with Crippen LogP contribution in [0.15, 0.2) is 60.8 Å². The quantitative estimate of drug-likeness (QED) is 0.567. The monoisotopic (exact) mass is 474 g/mol. The van der Waals surface area contributed by atoms with Crippen molar-refractivity contribution in [2.45, 2.75) is 12.8 Å². The molecule has 0 aliphatic carbocycles. The highest BCUT2D eigenvalue weighted by Gasteiger charge is 2.32. The molecule has 2 aliphatic heterocycles. The van der Waals surface area contributed by atoms with Gasteiger partial charge < -0.3 is 19.3 Å². The fourth-order valence-electron chi connectivity index (χ4n) is 4.77. The van der Waals surface area contributed by atoms with Crippen molar-refractivity contribution in [1.82, 2.24) is 19.6 Å². The number of benzene rings is 2. The van der Waals surface area contributed by atoms with Crippen molar-refractivity contribution in [3.05, 3.63) is 66.4 Å². The molecule has 1 aromatic heterocycles. The first-order chi connectivity index (χ1) is 17.1. The largest absolute Gasteiger partial charge is 0.497 e. The minimum atomic E-state index is -0.0673. The molecule has 0 atom stereocenters. The van der Waals surface area contributed by atoms with E-state index in [0.717, 1.165) is 11.3 Å². The first-order valence-electron chi connectivity index (χ1n) is 12.1. The third-order valence-corrected chi connectivity index (χ3v) is 6.76. The molecule has 0 bridgehead atoms. The van der Waals surface area contributed by atoms with Crippen molar-refractivity contribution in [1.29, 1.82) is 0 Å². The molecule has 2 aromatic carbocycles. The van der Waals surface area contributed by atoms with E-state index < -0.39 is 0 Å². The lowest BCUT2D eigenvalue weighted by Crippen LogP contribution is -2.47. The van der Waals surface area contributed by atoms with Crippen molar-refractivity contribution in [2.75, 3.05) is 46.5 Å². The fourth-order valence-corrected chi connectivity index (χ4v) is 4.77. The molecule has 0 saturated carbocycles. The Kier molecular flexibility index (Phi) is 6.81. The maximum absolute atomic E-state index is 13.7. The molecule has 3 aromatic rings. The van der Waals surface area contributed by atoms with Crippen molar-refractivity contribution in [3.8, 4) is 22.7 Å². The lowest BCUT2D eigenvalue weighted by Gasteiger charge is -2.35. The SMILES string of the molecule is COc1cccc(-c2nn(-c3ccccc3)cc2C(=O)N2CCC(C(=O)N3CCOCC3)CC2)c1. The molecule has 3 heterocycles. The molecule has 0 spiro atoms. The van der Waals surface area contributed by atoms with E-state index in [1.54, 1.807) is 18.0 Å². The summed E-state index contributed by atoms with van der Waals surface area (Å²) in [6, 6.07) is 17.3. The van der Waals surface area contributed by atoms with E-state index in [1.807, 2.05) is 64.4 Å². The van der Waals surface area contributed by atoms with Crippen LogP contribution in [0.1, 0.15) is 23.2 Å². The minimum Gasteiger partial charge on any atom is -0.497 e. The number of carbonyl (C=O) groups excluding carboxylic acids is 2. The topological polar surface area (TPSA) is 76.9 Å². The molecule has 2 fully saturated rings. The number of morpholine rings is 1. The standard InChI is InChI=1S/C27H30N4O4/c1-34-23-9-5-6-21(18-23)25-24(19-31(28-25)22-7-3-2-4-8-22)27(33)29-12-10-20(11-13-29)26(32)30-14-16-35-17-15-30/h2-9,18-20H,10-17H2,1H3. The van der Waals surface area contributed by atoms with Crippen LogP contribution in [0.3, 0.4) is 0 Å². The summed E-state index contributed by atoms with van der Waals surface area (Å²) >= 11 is 0. The Morgan fingerprint density at radius 1 is 0.943 bits per heavy atom. The van der Waals surface area contributed by atoms with Gasteiger partial charge in [-0.1, -0.05) is 30.3 Å². The number of methoxy groups -OCH3 is 1. The van der Waals surface area contributed by atoms with E-state index in [1.165, 1.54) is 0 Å². The Morgan fingerprint density at radius 2 is 1.69 bits per heavy atom. The normalized spacial score (nSPS) is 16.8. The molecule has 5 rings (SSSR count). The Labute approximate surface area is 205 Å². The van der Waals surface area contributed by atoms with E-state index in [-0.39, 0.29) is 17.7 Å². The average Bonchev–Trinajstić information content (AvgIpc) is 3.39. The first-order valence-corrected chi connectivity index (χ1v) is 12.1. The number of piperidine rings is 1. The molecular formula is C27H30N4O4. The van der Waals surface area contributed by atoms with E-state index in [2.05, 4.69) is 0 Å². The number of hydrogen-bond donors (Lipinski definition) is 0. The molecule has 8 heteroatoms. The number of carbonyl (C=O) groups is 2. The first kappa shape index (κ1) is 23.1. The third kappa shape index (κ3) is 4.93. The second kappa shape index (κ2) is 10.3. The Morgan fingerprint density at radius 3 is 2.40 bits per heavy atom. The molecule has 2 aliphatic rings. The van der Waals surface area contributed by atoms with Crippen LogP contribution in [-0.2, 0) is 9.53 Å². The van der Waals surface area contributed by atoms with Gasteiger partial charge in [0.2, 0.25) is 5.91 Å². The summed E-state index contributed by atoms with van der Waals surface area (Å²) in [6.45, 7) is 3.60. The average molecular weight is 475 g/mol. The predicted octanol–water partition coefficient (Wildman–Crippen LogP) is 3.26. The number of amides is 2. The Bertz CT molecular complexity index is 1180. The molecule has 8 nitrogen and oxygen atoms in total. The third-order valence-electron chi connectivity index (χ3n) is 6.76. The number of likely N-dealkylation sites (tertiary alicyclic amines) is 1. The van der Waals surface area contributed by atoms with E-state index in [9.17, 15) is 9.59 Å². The molecule has 0 N–H and O–H groups in total. The van der Waals surface area contributed by atoms with Gasteiger partial charge in [0.1, 0.15) is 11.4 Å². The van der Waals surface area contributed by atoms with Gasteiger partial charge in [-0.25, -0.2) is 4.68 Å². The van der Waals surface area contributed by atoms with Crippen molar-refractivity contribution < 1.29 is 19.1 Å². The van der Waals surface area contributed by atoms with Crippen LogP contribution in [0.4, 0.5) is 0 Å². The zero-order valence-electron chi connectivity index (χ0n) is 19.9. The summed E-state index contributed by atoms with van der Waals surface area (Å²) in [7, 11) is 1.62. The van der Waals surface area contributed by atoms with Gasteiger partial charge in [0.15, 0.2) is 0 Å². The van der Waals surface area contributed by atoms with Crippen LogP contribution in [-0.4, -0.2) is 77.9 Å². The highest BCUT2D eigenvalue weighted by atomic mass is 16.5. The zero-order chi connectivity index (χ0) is 24.2. The van der Waals surface area contributed by atoms with Gasteiger partial charge in [-0.05, 0) is 37.1 Å². The van der Waals surface area contributed by atoms with E-state index >= 15 is 0 Å². The van der Waals surface area contributed by atoms with Gasteiger partial charge in [-0.15, -0.1) is 0 Å². The fraction of sp³-hybridized carbons (Fsp3) is 0.370. The molecule has 2 amide bonds. The van der Waals surface area contributed by atoms with Gasteiger partial charge in [0, 0.05) is 43.9 Å². The number of rotatable bonds is 5. The highest BCUT2D eigenvalue weighted by Crippen LogP contribution is 2.29. The van der Waals surface area contributed by atoms with Gasteiger partial charge in [0.05, 0.1) is 31.6 Å². The van der Waals surface area contributed by atoms with Crippen molar-refractivity contribution in [3.63, 3.8) is 0 Å². The van der Waals surface area contributed by atoms with E-state index in [4.69, 9.17) is 14.6 Å². The second-order valence-electron chi connectivity index (χ2n) is 8.91. The highest BCUT2D eigenvalue weighted by molar-refractivity contribution is 6.00. The number of para-hydroxylation sites is 1.